The molecule has 0 atom stereocenters. The van der Waals surface area contributed by atoms with Crippen LogP contribution in [-0.2, 0) is 6.54 Å². The van der Waals surface area contributed by atoms with Crippen LogP contribution < -0.4 is 17.7 Å². The normalized spacial score (nSPS) is 39.3. The molecule has 4 aliphatic rings. The molecule has 19 heavy (non-hydrogen) atoms. The molecular weight excluding hydrogens is 274 g/mol. The molecule has 0 aromatic carbocycles. The molecule has 1 N–H and O–H groups in total. The molecule has 4 fully saturated rings. The van der Waals surface area contributed by atoms with Crippen molar-refractivity contribution in [2.45, 2.75) is 51.6 Å². The van der Waals surface area contributed by atoms with E-state index >= 15 is 0 Å². The quantitative estimate of drug-likeness (QED) is 0.877. The second kappa shape index (κ2) is 5.38. The zero-order valence-corrected chi connectivity index (χ0v) is 13.1. The van der Waals surface area contributed by atoms with E-state index in [1.54, 1.807) is 6.42 Å². The standard InChI is InChI=1S/C16H23NS.ClH/c1-10-2-3-15(18-10)9-17-16-13-5-11-4-12(7-13)8-14(16)6-11;/h2-3,11-14,16-17H,4-9H2,1H3;1H/p-1. The van der Waals surface area contributed by atoms with Gasteiger partial charge in [0, 0.05) is 22.3 Å². The average molecular weight is 297 g/mol. The lowest BCUT2D eigenvalue weighted by atomic mass is 9.54. The summed E-state index contributed by atoms with van der Waals surface area (Å²) in [6.07, 6.45) is 7.65. The Morgan fingerprint density at radius 1 is 1.05 bits per heavy atom. The van der Waals surface area contributed by atoms with Crippen LogP contribution in [0.15, 0.2) is 12.1 Å². The van der Waals surface area contributed by atoms with E-state index in [0.717, 1.165) is 36.3 Å². The highest BCUT2D eigenvalue weighted by molar-refractivity contribution is 7.11. The first-order valence-corrected chi connectivity index (χ1v) is 8.38. The fourth-order valence-corrected chi connectivity index (χ4v) is 5.90. The molecule has 106 valence electrons. The number of thiophene rings is 1. The van der Waals surface area contributed by atoms with Crippen molar-refractivity contribution in [1.82, 2.24) is 5.32 Å². The molecule has 0 amide bonds. The van der Waals surface area contributed by atoms with Crippen LogP contribution in [0.5, 0.6) is 0 Å². The van der Waals surface area contributed by atoms with Gasteiger partial charge in [0.05, 0.1) is 0 Å². The van der Waals surface area contributed by atoms with E-state index in [-0.39, 0.29) is 12.4 Å². The first kappa shape index (κ1) is 13.9. The fourth-order valence-electron chi connectivity index (χ4n) is 5.06. The van der Waals surface area contributed by atoms with Crippen molar-refractivity contribution in [2.24, 2.45) is 23.7 Å². The third kappa shape index (κ3) is 2.59. The number of aryl methyl sites for hydroxylation is 1. The van der Waals surface area contributed by atoms with E-state index in [9.17, 15) is 0 Å². The lowest BCUT2D eigenvalue weighted by Crippen LogP contribution is -3.00. The lowest BCUT2D eigenvalue weighted by Gasteiger charge is -2.54. The molecule has 5 rings (SSSR count). The third-order valence-corrected chi connectivity index (χ3v) is 6.54. The summed E-state index contributed by atoms with van der Waals surface area (Å²) in [5.41, 5.74) is 0. The Kier molecular flexibility index (Phi) is 3.94. The maximum atomic E-state index is 3.90. The maximum Gasteiger partial charge on any atom is 0.0302 e. The first-order chi connectivity index (χ1) is 8.78. The molecule has 0 radical (unpaired) electrons. The summed E-state index contributed by atoms with van der Waals surface area (Å²) in [7, 11) is 0. The van der Waals surface area contributed by atoms with Gasteiger partial charge < -0.3 is 17.7 Å². The molecule has 0 saturated heterocycles. The summed E-state index contributed by atoms with van der Waals surface area (Å²) < 4.78 is 0. The molecule has 1 heterocycles. The molecule has 3 heteroatoms. The number of rotatable bonds is 3. The zero-order valence-electron chi connectivity index (χ0n) is 11.6. The Morgan fingerprint density at radius 3 is 2.21 bits per heavy atom. The highest BCUT2D eigenvalue weighted by atomic mass is 35.5. The summed E-state index contributed by atoms with van der Waals surface area (Å²) in [5, 5.41) is 3.90. The van der Waals surface area contributed by atoms with Gasteiger partial charge in [-0.05, 0) is 74.8 Å². The topological polar surface area (TPSA) is 12.0 Å². The van der Waals surface area contributed by atoms with Crippen molar-refractivity contribution in [1.29, 1.82) is 0 Å². The number of nitrogens with one attached hydrogen (secondary N) is 1. The molecule has 1 aromatic heterocycles. The average Bonchev–Trinajstić information content (AvgIpc) is 2.73. The highest BCUT2D eigenvalue weighted by Gasteiger charge is 2.47. The highest BCUT2D eigenvalue weighted by Crippen LogP contribution is 2.53. The number of hydrogen-bond donors (Lipinski definition) is 1. The van der Waals surface area contributed by atoms with Crippen molar-refractivity contribution >= 4 is 11.3 Å². The second-order valence-corrected chi connectivity index (χ2v) is 8.22. The number of hydrogen-bond acceptors (Lipinski definition) is 2. The molecular formula is C16H23ClNS-. The molecule has 0 aliphatic heterocycles. The molecule has 1 nitrogen and oxygen atoms in total. The van der Waals surface area contributed by atoms with Gasteiger partial charge in [0.2, 0.25) is 0 Å². The van der Waals surface area contributed by atoms with Crippen LogP contribution in [0.1, 0.15) is 41.9 Å². The summed E-state index contributed by atoms with van der Waals surface area (Å²) in [6.45, 7) is 3.31. The van der Waals surface area contributed by atoms with Gasteiger partial charge in [-0.15, -0.1) is 11.3 Å². The molecule has 4 aliphatic carbocycles. The Hall–Kier alpha value is -0.0500. The van der Waals surface area contributed by atoms with Crippen molar-refractivity contribution in [3.05, 3.63) is 21.9 Å². The van der Waals surface area contributed by atoms with Crippen LogP contribution in [-0.4, -0.2) is 6.04 Å². The van der Waals surface area contributed by atoms with E-state index in [2.05, 4.69) is 24.4 Å². The Balaban J connectivity index is 0.00000110. The predicted molar refractivity (Wildman–Crippen MR) is 76.7 cm³/mol. The molecule has 0 spiro atoms. The smallest absolute Gasteiger partial charge is 0.0302 e. The molecule has 4 saturated carbocycles. The van der Waals surface area contributed by atoms with Crippen molar-refractivity contribution in [3.8, 4) is 0 Å². The van der Waals surface area contributed by atoms with Gasteiger partial charge in [0.1, 0.15) is 0 Å². The van der Waals surface area contributed by atoms with Crippen molar-refractivity contribution in [2.75, 3.05) is 0 Å². The summed E-state index contributed by atoms with van der Waals surface area (Å²) in [6, 6.07) is 5.38. The SMILES string of the molecule is Cc1ccc(CNC2C3CC4CC(C3)CC2C4)s1.[Cl-]. The molecule has 4 bridgehead atoms. The zero-order chi connectivity index (χ0) is 12.1. The Labute approximate surface area is 126 Å². The summed E-state index contributed by atoms with van der Waals surface area (Å²) >= 11 is 1.95. The van der Waals surface area contributed by atoms with Gasteiger partial charge in [-0.1, -0.05) is 0 Å². The van der Waals surface area contributed by atoms with Gasteiger partial charge in [-0.25, -0.2) is 0 Å². The van der Waals surface area contributed by atoms with E-state index in [0.29, 0.717) is 0 Å². The summed E-state index contributed by atoms with van der Waals surface area (Å²) in [4.78, 5) is 2.96. The maximum absolute atomic E-state index is 3.90. The van der Waals surface area contributed by atoms with Crippen molar-refractivity contribution in [3.63, 3.8) is 0 Å². The Morgan fingerprint density at radius 2 is 1.68 bits per heavy atom. The van der Waals surface area contributed by atoms with Crippen molar-refractivity contribution < 1.29 is 12.4 Å². The minimum absolute atomic E-state index is 0. The van der Waals surface area contributed by atoms with Gasteiger partial charge in [-0.3, -0.25) is 0 Å². The minimum atomic E-state index is 0. The third-order valence-electron chi connectivity index (χ3n) is 5.53. The van der Waals surface area contributed by atoms with Gasteiger partial charge >= 0.3 is 0 Å². The monoisotopic (exact) mass is 296 g/mol. The van der Waals surface area contributed by atoms with Crippen LogP contribution >= 0.6 is 11.3 Å². The van der Waals surface area contributed by atoms with Crippen LogP contribution in [0.4, 0.5) is 0 Å². The van der Waals surface area contributed by atoms with Crippen LogP contribution in [0.25, 0.3) is 0 Å². The second-order valence-electron chi connectivity index (χ2n) is 6.85. The molecule has 0 unspecified atom stereocenters. The fraction of sp³-hybridized carbons (Fsp3) is 0.750. The lowest BCUT2D eigenvalue weighted by molar-refractivity contribution is -0.0141. The Bertz CT molecular complexity index is 414. The van der Waals surface area contributed by atoms with Gasteiger partial charge in [-0.2, -0.15) is 0 Å². The number of halogens is 1. The van der Waals surface area contributed by atoms with E-state index in [1.165, 1.54) is 35.4 Å². The van der Waals surface area contributed by atoms with E-state index in [4.69, 9.17) is 0 Å². The largest absolute Gasteiger partial charge is 1.00 e. The van der Waals surface area contributed by atoms with E-state index in [1.807, 2.05) is 11.3 Å². The molecule has 1 aromatic rings. The van der Waals surface area contributed by atoms with Crippen LogP contribution in [0.2, 0.25) is 0 Å². The van der Waals surface area contributed by atoms with Gasteiger partial charge in [0.15, 0.2) is 0 Å². The van der Waals surface area contributed by atoms with Crippen LogP contribution in [0, 0.1) is 30.6 Å². The van der Waals surface area contributed by atoms with Gasteiger partial charge in [0.25, 0.3) is 0 Å². The minimum Gasteiger partial charge on any atom is -1.00 e. The summed E-state index contributed by atoms with van der Waals surface area (Å²) in [5.74, 6) is 4.19. The predicted octanol–water partition coefficient (Wildman–Crippen LogP) is 0.975. The van der Waals surface area contributed by atoms with E-state index < -0.39 is 0 Å². The first-order valence-electron chi connectivity index (χ1n) is 7.56. The van der Waals surface area contributed by atoms with Crippen LogP contribution in [0.3, 0.4) is 0 Å².